The van der Waals surface area contributed by atoms with Crippen molar-refractivity contribution >= 4 is 47.7 Å². The minimum Gasteiger partial charge on any atom is -0.364 e. The van der Waals surface area contributed by atoms with Crippen molar-refractivity contribution in [1.82, 2.24) is 9.55 Å². The molecule has 0 amide bonds. The Morgan fingerprint density at radius 1 is 1.36 bits per heavy atom. The lowest BCUT2D eigenvalue weighted by Crippen LogP contribution is -2.31. The van der Waals surface area contributed by atoms with Crippen LogP contribution in [0, 0.1) is 11.3 Å². The fourth-order valence-corrected chi connectivity index (χ4v) is 7.07. The Hall–Kier alpha value is -1.49. The Bertz CT molecular complexity index is 1280. The van der Waals surface area contributed by atoms with Crippen molar-refractivity contribution in [2.75, 3.05) is 29.2 Å². The fourth-order valence-electron chi connectivity index (χ4n) is 4.99. The molecule has 2 N–H and O–H groups in total. The van der Waals surface area contributed by atoms with Crippen LogP contribution in [0.3, 0.4) is 0 Å². The van der Waals surface area contributed by atoms with Gasteiger partial charge in [-0.3, -0.25) is 4.57 Å². The molecule has 5 rings (SSSR count). The topological polar surface area (TPSA) is 130 Å². The van der Waals surface area contributed by atoms with E-state index in [1.54, 1.807) is 30.7 Å². The van der Waals surface area contributed by atoms with Crippen LogP contribution in [-0.2, 0) is 18.8 Å². The first-order valence-corrected chi connectivity index (χ1v) is 14.5. The van der Waals surface area contributed by atoms with Gasteiger partial charge in [-0.15, -0.1) is 11.8 Å². The van der Waals surface area contributed by atoms with Gasteiger partial charge >= 0.3 is 7.60 Å². The van der Waals surface area contributed by atoms with Crippen LogP contribution in [0.1, 0.15) is 32.1 Å². The molecule has 10 nitrogen and oxygen atoms in total. The molecule has 3 aliphatic heterocycles. The molecule has 15 heteroatoms. The summed E-state index contributed by atoms with van der Waals surface area (Å²) in [6.07, 6.45) is -1.02. The van der Waals surface area contributed by atoms with E-state index in [2.05, 4.69) is 4.98 Å². The number of fused-ring (bicyclic) bond motifs is 2. The quantitative estimate of drug-likeness (QED) is 0.396. The maximum absolute atomic E-state index is 14.0. The first-order chi connectivity index (χ1) is 16.8. The highest BCUT2D eigenvalue weighted by Crippen LogP contribution is 2.47. The highest BCUT2D eigenvalue weighted by Gasteiger charge is 2.56. The van der Waals surface area contributed by atoms with Gasteiger partial charge in [-0.05, 0) is 19.9 Å². The first-order valence-electron chi connectivity index (χ1n) is 11.1. The molecule has 0 aliphatic carbocycles. The number of nitrogens with zero attached hydrogens (tertiary/aromatic N) is 4. The molecule has 0 radical (unpaired) electrons. The summed E-state index contributed by atoms with van der Waals surface area (Å²) < 4.78 is 59.4. The summed E-state index contributed by atoms with van der Waals surface area (Å²) in [7, 11) is -4.19. The average molecular weight is 565 g/mol. The summed E-state index contributed by atoms with van der Waals surface area (Å²) in [6, 6.07) is 3.68. The molecule has 0 spiro atoms. The monoisotopic (exact) mass is 564 g/mol. The summed E-state index contributed by atoms with van der Waals surface area (Å²) in [6.45, 7) is 3.06. The number of alkyl halides is 2. The number of thioether (sulfide) groups is 1. The van der Waals surface area contributed by atoms with Crippen LogP contribution in [0.15, 0.2) is 12.3 Å². The normalized spacial score (nSPS) is 29.1. The molecule has 3 aliphatic rings. The lowest BCUT2D eigenvalue weighted by molar-refractivity contribution is -0.193. The second-order valence-corrected chi connectivity index (χ2v) is 13.0. The predicted octanol–water partition coefficient (Wildman–Crippen LogP) is 3.69. The van der Waals surface area contributed by atoms with Gasteiger partial charge in [-0.25, -0.2) is 13.8 Å². The second kappa shape index (κ2) is 9.06. The Kier molecular flexibility index (Phi) is 6.58. The van der Waals surface area contributed by atoms with Crippen LogP contribution in [0.2, 0.25) is 5.15 Å². The maximum Gasteiger partial charge on any atom is 0.335 e. The number of nitriles is 1. The van der Waals surface area contributed by atoms with Gasteiger partial charge in [0.1, 0.15) is 29.5 Å². The lowest BCUT2D eigenvalue weighted by atomic mass is 10.1. The standard InChI is InChI=1S/C21H24ClF2N4O6PS/c1-20(2)33-15-13(8-36-10-35(29,30)31)32-19(16(15)34-20)28-5-3-11-14(27-6-4-21(23,24)9-27)12(7-25)17(22)26-18(11)28/h3,5,13,15-16,19H,4,6,8-10H2,1-2H3,(H2,29,30,31)/t13-,15-,16-,19-/m1/s1. The molecule has 3 saturated heterocycles. The third-order valence-corrected chi connectivity index (χ3v) is 9.24. The minimum atomic E-state index is -4.19. The van der Waals surface area contributed by atoms with Gasteiger partial charge in [0.05, 0.1) is 23.8 Å². The third-order valence-electron chi connectivity index (χ3n) is 6.33. The molecule has 0 unspecified atom stereocenters. The molecule has 0 aromatic carbocycles. The van der Waals surface area contributed by atoms with Gasteiger partial charge in [-0.1, -0.05) is 11.6 Å². The highest BCUT2D eigenvalue weighted by atomic mass is 35.5. The van der Waals surface area contributed by atoms with E-state index in [-0.39, 0.29) is 34.9 Å². The van der Waals surface area contributed by atoms with Crippen LogP contribution in [-0.4, -0.2) is 73.7 Å². The summed E-state index contributed by atoms with van der Waals surface area (Å²) >= 11 is 7.41. The number of halogens is 3. The van der Waals surface area contributed by atoms with Crippen molar-refractivity contribution in [3.05, 3.63) is 23.0 Å². The van der Waals surface area contributed by atoms with Crippen molar-refractivity contribution in [3.8, 4) is 6.07 Å². The van der Waals surface area contributed by atoms with E-state index in [9.17, 15) is 28.4 Å². The Labute approximate surface area is 214 Å². The lowest BCUT2D eigenvalue weighted by Gasteiger charge is -2.25. The van der Waals surface area contributed by atoms with Crippen LogP contribution < -0.4 is 4.90 Å². The number of anilines is 1. The maximum atomic E-state index is 14.0. The summed E-state index contributed by atoms with van der Waals surface area (Å²) in [4.78, 5) is 24.2. The number of aromatic nitrogens is 2. The van der Waals surface area contributed by atoms with E-state index in [1.807, 2.05) is 6.07 Å². The van der Waals surface area contributed by atoms with Gasteiger partial charge in [0.15, 0.2) is 17.2 Å². The van der Waals surface area contributed by atoms with Gasteiger partial charge in [0, 0.05) is 30.3 Å². The summed E-state index contributed by atoms with van der Waals surface area (Å²) in [5.41, 5.74) is 0.308. The van der Waals surface area contributed by atoms with Crippen molar-refractivity contribution in [2.45, 2.75) is 56.5 Å². The van der Waals surface area contributed by atoms with Gasteiger partial charge in [0.2, 0.25) is 0 Å². The minimum absolute atomic E-state index is 0.0260. The van der Waals surface area contributed by atoms with Crippen LogP contribution in [0.5, 0.6) is 0 Å². The zero-order chi connectivity index (χ0) is 26.0. The molecule has 0 bridgehead atoms. The molecular formula is C21H24ClF2N4O6PS. The molecule has 2 aromatic rings. The fraction of sp³-hybridized carbons (Fsp3) is 0.619. The van der Waals surface area contributed by atoms with Gasteiger partial charge in [-0.2, -0.15) is 5.26 Å². The molecule has 5 heterocycles. The van der Waals surface area contributed by atoms with E-state index in [1.165, 1.54) is 4.90 Å². The Balaban J connectivity index is 1.52. The van der Waals surface area contributed by atoms with E-state index >= 15 is 0 Å². The third kappa shape index (κ3) is 4.86. The number of ether oxygens (including phenoxy) is 3. The Morgan fingerprint density at radius 2 is 2.08 bits per heavy atom. The van der Waals surface area contributed by atoms with E-state index in [4.69, 9.17) is 25.8 Å². The zero-order valence-corrected chi connectivity index (χ0v) is 21.8. The molecule has 196 valence electrons. The molecular weight excluding hydrogens is 541 g/mol. The van der Waals surface area contributed by atoms with Crippen LogP contribution in [0.4, 0.5) is 14.5 Å². The van der Waals surface area contributed by atoms with Crippen molar-refractivity contribution in [1.29, 1.82) is 5.26 Å². The SMILES string of the molecule is CC1(C)O[C@@H]2[C@H](O1)[C@@H](CSCP(=O)(O)O)O[C@H]2n1ccc2c(N3CCC(F)(F)C3)c(C#N)c(Cl)nc21. The molecule has 0 saturated carbocycles. The molecule has 3 fully saturated rings. The smallest absolute Gasteiger partial charge is 0.335 e. The highest BCUT2D eigenvalue weighted by molar-refractivity contribution is 8.04. The molecule has 2 aromatic heterocycles. The number of hydrogen-bond donors (Lipinski definition) is 2. The molecule has 4 atom stereocenters. The summed E-state index contributed by atoms with van der Waals surface area (Å²) in [5.74, 6) is -3.54. The molecule has 36 heavy (non-hydrogen) atoms. The van der Waals surface area contributed by atoms with Crippen molar-refractivity contribution in [2.24, 2.45) is 0 Å². The van der Waals surface area contributed by atoms with Crippen LogP contribution >= 0.6 is 31.0 Å². The average Bonchev–Trinajstić information content (AvgIpc) is 3.48. The van der Waals surface area contributed by atoms with Crippen molar-refractivity contribution in [3.63, 3.8) is 0 Å². The largest absolute Gasteiger partial charge is 0.364 e. The van der Waals surface area contributed by atoms with Gasteiger partial charge < -0.3 is 33.5 Å². The van der Waals surface area contributed by atoms with E-state index < -0.39 is 50.4 Å². The van der Waals surface area contributed by atoms with E-state index in [0.717, 1.165) is 11.8 Å². The number of pyridine rings is 1. The van der Waals surface area contributed by atoms with Gasteiger partial charge in [0.25, 0.3) is 5.92 Å². The van der Waals surface area contributed by atoms with Crippen LogP contribution in [0.25, 0.3) is 11.0 Å². The number of hydrogen-bond acceptors (Lipinski definition) is 8. The van der Waals surface area contributed by atoms with Crippen molar-refractivity contribution < 1.29 is 37.3 Å². The zero-order valence-electron chi connectivity index (χ0n) is 19.3. The number of rotatable bonds is 6. The Morgan fingerprint density at radius 3 is 2.72 bits per heavy atom. The summed E-state index contributed by atoms with van der Waals surface area (Å²) in [5, 5.41) is 10.1. The first kappa shape index (κ1) is 26.1. The second-order valence-electron chi connectivity index (χ2n) is 9.52. The predicted molar refractivity (Wildman–Crippen MR) is 128 cm³/mol. The van der Waals surface area contributed by atoms with E-state index in [0.29, 0.717) is 16.7 Å².